The van der Waals surface area contributed by atoms with Crippen molar-refractivity contribution in [3.8, 4) is 16.9 Å². The number of aromatic hydroxyl groups is 1. The Bertz CT molecular complexity index is 716. The minimum absolute atomic E-state index is 0.109. The summed E-state index contributed by atoms with van der Waals surface area (Å²) >= 11 is 0. The summed E-state index contributed by atoms with van der Waals surface area (Å²) in [6.07, 6.45) is 0.0770. The highest BCUT2D eigenvalue weighted by Crippen LogP contribution is 2.30. The molecule has 0 aromatic heterocycles. The van der Waals surface area contributed by atoms with E-state index in [-0.39, 0.29) is 18.7 Å². The predicted molar refractivity (Wildman–Crippen MR) is 90.5 cm³/mol. The number of rotatable bonds is 7. The van der Waals surface area contributed by atoms with E-state index >= 15 is 0 Å². The number of phenols is 1. The van der Waals surface area contributed by atoms with Crippen LogP contribution < -0.4 is 11.1 Å². The van der Waals surface area contributed by atoms with Crippen molar-refractivity contribution in [2.75, 3.05) is 6.54 Å². The number of aliphatic carboxylic acids is 1. The van der Waals surface area contributed by atoms with Crippen LogP contribution in [0.1, 0.15) is 12.0 Å². The first kappa shape index (κ1) is 17.5. The molecule has 1 atom stereocenters. The smallest absolute Gasteiger partial charge is 0.305 e. The highest BCUT2D eigenvalue weighted by Gasteiger charge is 2.17. The third-order valence-electron chi connectivity index (χ3n) is 3.60. The molecule has 24 heavy (non-hydrogen) atoms. The van der Waals surface area contributed by atoms with E-state index in [2.05, 4.69) is 5.32 Å². The normalized spacial score (nSPS) is 11.7. The van der Waals surface area contributed by atoms with E-state index in [0.717, 1.165) is 11.1 Å². The van der Waals surface area contributed by atoms with Gasteiger partial charge in [-0.1, -0.05) is 42.5 Å². The Kier molecular flexibility index (Phi) is 5.92. The average Bonchev–Trinajstić information content (AvgIpc) is 2.55. The number of carbonyl (C=O) groups excluding carboxylic acids is 1. The van der Waals surface area contributed by atoms with Gasteiger partial charge < -0.3 is 21.3 Å². The van der Waals surface area contributed by atoms with E-state index in [1.807, 2.05) is 36.4 Å². The molecule has 0 saturated heterocycles. The fourth-order valence-corrected chi connectivity index (χ4v) is 2.52. The molecule has 0 aliphatic carbocycles. The van der Waals surface area contributed by atoms with Crippen molar-refractivity contribution in [2.24, 2.45) is 5.73 Å². The van der Waals surface area contributed by atoms with Gasteiger partial charge in [0.2, 0.25) is 5.91 Å². The lowest BCUT2D eigenvalue weighted by atomic mass is 9.98. The van der Waals surface area contributed by atoms with Crippen LogP contribution in [-0.2, 0) is 16.0 Å². The van der Waals surface area contributed by atoms with Crippen molar-refractivity contribution in [3.05, 3.63) is 54.1 Å². The molecule has 0 radical (unpaired) electrons. The summed E-state index contributed by atoms with van der Waals surface area (Å²) in [5, 5.41) is 21.8. The molecule has 0 heterocycles. The number of amides is 1. The van der Waals surface area contributed by atoms with Gasteiger partial charge >= 0.3 is 5.97 Å². The molecule has 2 rings (SSSR count). The molecule has 1 unspecified atom stereocenters. The molecule has 0 bridgehead atoms. The molecule has 5 N–H and O–H groups in total. The van der Waals surface area contributed by atoms with E-state index in [4.69, 9.17) is 10.8 Å². The Labute approximate surface area is 139 Å². The van der Waals surface area contributed by atoms with Gasteiger partial charge in [-0.05, 0) is 23.6 Å². The quantitative estimate of drug-likeness (QED) is 0.615. The maximum Gasteiger partial charge on any atom is 0.305 e. The van der Waals surface area contributed by atoms with E-state index in [0.29, 0.717) is 12.0 Å². The van der Waals surface area contributed by atoms with Crippen LogP contribution in [0.2, 0.25) is 0 Å². The van der Waals surface area contributed by atoms with Crippen molar-refractivity contribution >= 4 is 11.9 Å². The molecule has 0 saturated carbocycles. The molecule has 2 aromatic carbocycles. The Morgan fingerprint density at radius 3 is 2.42 bits per heavy atom. The highest BCUT2D eigenvalue weighted by molar-refractivity contribution is 5.79. The number of carboxylic acids is 1. The van der Waals surface area contributed by atoms with Crippen LogP contribution in [-0.4, -0.2) is 34.7 Å². The molecule has 1 amide bonds. The maximum absolute atomic E-state index is 11.4. The molecular weight excluding hydrogens is 308 g/mol. The second-order valence-electron chi connectivity index (χ2n) is 5.49. The predicted octanol–water partition coefficient (Wildman–Crippen LogP) is 1.52. The van der Waals surface area contributed by atoms with Gasteiger partial charge in [0.05, 0.1) is 13.0 Å². The SMILES string of the molecule is NCC(=O)NC(CC(=O)O)Cc1ccc(-c2ccccc2)c(O)c1. The minimum Gasteiger partial charge on any atom is -0.507 e. The molecule has 6 nitrogen and oxygen atoms in total. The fraction of sp³-hybridized carbons (Fsp3) is 0.222. The fourth-order valence-electron chi connectivity index (χ4n) is 2.52. The van der Waals surface area contributed by atoms with Crippen LogP contribution in [0, 0.1) is 0 Å². The van der Waals surface area contributed by atoms with Crippen LogP contribution in [0.3, 0.4) is 0 Å². The average molecular weight is 328 g/mol. The summed E-state index contributed by atoms with van der Waals surface area (Å²) < 4.78 is 0. The van der Waals surface area contributed by atoms with Gasteiger partial charge in [0, 0.05) is 11.6 Å². The number of phenolic OH excluding ortho intramolecular Hbond substituents is 1. The summed E-state index contributed by atoms with van der Waals surface area (Å²) in [5.74, 6) is -1.31. The van der Waals surface area contributed by atoms with Crippen LogP contribution in [0.15, 0.2) is 48.5 Å². The Morgan fingerprint density at radius 1 is 1.12 bits per heavy atom. The van der Waals surface area contributed by atoms with Gasteiger partial charge in [-0.2, -0.15) is 0 Å². The highest BCUT2D eigenvalue weighted by atomic mass is 16.4. The maximum atomic E-state index is 11.4. The summed E-state index contributed by atoms with van der Waals surface area (Å²) in [7, 11) is 0. The summed E-state index contributed by atoms with van der Waals surface area (Å²) in [6.45, 7) is -0.200. The molecule has 0 fully saturated rings. The van der Waals surface area contributed by atoms with Gasteiger partial charge in [-0.15, -0.1) is 0 Å². The second-order valence-corrected chi connectivity index (χ2v) is 5.49. The number of carbonyl (C=O) groups is 2. The zero-order chi connectivity index (χ0) is 17.5. The molecule has 0 aliphatic heterocycles. The summed E-state index contributed by atoms with van der Waals surface area (Å²) in [6, 6.07) is 14.0. The molecule has 2 aromatic rings. The van der Waals surface area contributed by atoms with Crippen molar-refractivity contribution in [3.63, 3.8) is 0 Å². The van der Waals surface area contributed by atoms with E-state index in [9.17, 15) is 14.7 Å². The van der Waals surface area contributed by atoms with Gasteiger partial charge in [-0.3, -0.25) is 9.59 Å². The lowest BCUT2D eigenvalue weighted by Gasteiger charge is -2.17. The monoisotopic (exact) mass is 328 g/mol. The van der Waals surface area contributed by atoms with Crippen LogP contribution in [0.25, 0.3) is 11.1 Å². The number of nitrogens with one attached hydrogen (secondary N) is 1. The topological polar surface area (TPSA) is 113 Å². The van der Waals surface area contributed by atoms with Crippen LogP contribution in [0.4, 0.5) is 0 Å². The van der Waals surface area contributed by atoms with Crippen LogP contribution >= 0.6 is 0 Å². The van der Waals surface area contributed by atoms with Crippen molar-refractivity contribution in [2.45, 2.75) is 18.9 Å². The van der Waals surface area contributed by atoms with E-state index in [1.165, 1.54) is 0 Å². The zero-order valence-electron chi connectivity index (χ0n) is 13.1. The number of nitrogens with two attached hydrogens (primary N) is 1. The lowest BCUT2D eigenvalue weighted by Crippen LogP contribution is -2.41. The van der Waals surface area contributed by atoms with Gasteiger partial charge in [0.1, 0.15) is 5.75 Å². The van der Waals surface area contributed by atoms with Crippen molar-refractivity contribution < 1.29 is 19.8 Å². The zero-order valence-corrected chi connectivity index (χ0v) is 13.1. The molecule has 0 spiro atoms. The Morgan fingerprint density at radius 2 is 1.83 bits per heavy atom. The molecule has 6 heteroatoms. The van der Waals surface area contributed by atoms with Gasteiger partial charge in [-0.25, -0.2) is 0 Å². The number of hydrogen-bond donors (Lipinski definition) is 4. The van der Waals surface area contributed by atoms with E-state index in [1.54, 1.807) is 12.1 Å². The van der Waals surface area contributed by atoms with Crippen molar-refractivity contribution in [1.82, 2.24) is 5.32 Å². The molecule has 0 aliphatic rings. The number of carboxylic acid groups (broad SMARTS) is 1. The van der Waals surface area contributed by atoms with Crippen molar-refractivity contribution in [1.29, 1.82) is 0 Å². The summed E-state index contributed by atoms with van der Waals surface area (Å²) in [5.41, 5.74) is 7.57. The first-order valence-electron chi connectivity index (χ1n) is 7.58. The molecule has 126 valence electrons. The second kappa shape index (κ2) is 8.12. The Balaban J connectivity index is 2.17. The first-order valence-corrected chi connectivity index (χ1v) is 7.58. The molecular formula is C18H20N2O4. The largest absolute Gasteiger partial charge is 0.507 e. The van der Waals surface area contributed by atoms with Crippen LogP contribution in [0.5, 0.6) is 5.75 Å². The minimum atomic E-state index is -1.01. The number of hydrogen-bond acceptors (Lipinski definition) is 4. The lowest BCUT2D eigenvalue weighted by molar-refractivity contribution is -0.137. The van der Waals surface area contributed by atoms with Gasteiger partial charge in [0.15, 0.2) is 0 Å². The third kappa shape index (κ3) is 4.82. The standard InChI is InChI=1S/C18H20N2O4/c19-11-17(22)20-14(10-18(23)24)8-12-6-7-15(16(21)9-12)13-4-2-1-3-5-13/h1-7,9,14,21H,8,10-11,19H2,(H,20,22)(H,23,24). The summed E-state index contributed by atoms with van der Waals surface area (Å²) in [4.78, 5) is 22.4. The first-order chi connectivity index (χ1) is 11.5. The van der Waals surface area contributed by atoms with Gasteiger partial charge in [0.25, 0.3) is 0 Å². The van der Waals surface area contributed by atoms with E-state index < -0.39 is 17.9 Å². The number of benzene rings is 2. The Hall–Kier alpha value is -2.86. The third-order valence-corrected chi connectivity index (χ3v) is 3.60.